The molecule has 8 rings (SSSR count). The van der Waals surface area contributed by atoms with Crippen LogP contribution in [0.3, 0.4) is 0 Å². The molecule has 5 aliphatic rings. The number of hydrogen-bond donors (Lipinski definition) is 2. The number of piperidine rings is 1. The third-order valence-electron chi connectivity index (χ3n) is 9.89. The Morgan fingerprint density at radius 3 is 2.53 bits per heavy atom. The van der Waals surface area contributed by atoms with E-state index in [4.69, 9.17) is 4.74 Å². The fraction of sp³-hybridized carbons (Fsp3) is 0.364. The molecule has 5 nitrogen and oxygen atoms in total. The smallest absolute Gasteiger partial charge is 0.200 e. The van der Waals surface area contributed by atoms with Crippen LogP contribution in [-0.4, -0.2) is 51.7 Å². The average Bonchev–Trinajstić information content (AvgIpc) is 3.67. The van der Waals surface area contributed by atoms with Gasteiger partial charge in [-0.2, -0.15) is 0 Å². The normalized spacial score (nSPS) is 32.2. The van der Waals surface area contributed by atoms with Crippen LogP contribution < -0.4 is 4.74 Å². The highest BCUT2D eigenvalue weighted by atomic mass is 16.5. The van der Waals surface area contributed by atoms with E-state index in [9.17, 15) is 15.0 Å². The average molecular weight is 506 g/mol. The number of hydrogen-bond acceptors (Lipinski definition) is 5. The first-order chi connectivity index (χ1) is 18.5. The van der Waals surface area contributed by atoms with Gasteiger partial charge in [-0.05, 0) is 72.5 Å². The van der Waals surface area contributed by atoms with Gasteiger partial charge in [0.2, 0.25) is 0 Å². The quantitative estimate of drug-likeness (QED) is 0.495. The van der Waals surface area contributed by atoms with Crippen LogP contribution in [0, 0.1) is 5.92 Å². The molecule has 2 N–H and O–H groups in total. The first kappa shape index (κ1) is 22.6. The summed E-state index contributed by atoms with van der Waals surface area (Å²) < 4.78 is 6.34. The lowest BCUT2D eigenvalue weighted by Gasteiger charge is -2.62. The maximum absolute atomic E-state index is 14.1. The highest BCUT2D eigenvalue weighted by molar-refractivity contribution is 6.06. The third kappa shape index (κ3) is 2.97. The number of phenolic OH excluding ortho intramolecular Hbond substituents is 1. The number of phenols is 1. The summed E-state index contributed by atoms with van der Waals surface area (Å²) in [5.41, 5.74) is 3.84. The molecule has 1 spiro atoms. The summed E-state index contributed by atoms with van der Waals surface area (Å²) in [5.74, 6) is 1.11. The van der Waals surface area contributed by atoms with Crippen LogP contribution in [0.2, 0.25) is 0 Å². The van der Waals surface area contributed by atoms with Gasteiger partial charge in [0.25, 0.3) is 0 Å². The molecule has 0 amide bonds. The minimum Gasteiger partial charge on any atom is -0.504 e. The van der Waals surface area contributed by atoms with E-state index in [1.54, 1.807) is 6.07 Å². The van der Waals surface area contributed by atoms with Gasteiger partial charge in [0.15, 0.2) is 23.4 Å². The first-order valence-electron chi connectivity index (χ1n) is 13.9. The van der Waals surface area contributed by atoms with E-state index in [0.29, 0.717) is 36.5 Å². The van der Waals surface area contributed by atoms with Gasteiger partial charge in [-0.25, -0.2) is 0 Å². The highest BCUT2D eigenvalue weighted by Crippen LogP contribution is 2.65. The molecule has 0 radical (unpaired) electrons. The molecule has 0 aromatic heterocycles. The molecule has 3 aliphatic carbocycles. The number of benzene rings is 3. The number of nitrogens with zero attached hydrogens (tertiary/aromatic N) is 1. The Bertz CT molecular complexity index is 1490. The van der Waals surface area contributed by atoms with Gasteiger partial charge in [-0.3, -0.25) is 9.69 Å². The van der Waals surface area contributed by atoms with Crippen molar-refractivity contribution in [2.24, 2.45) is 5.92 Å². The molecule has 2 aliphatic heterocycles. The zero-order valence-corrected chi connectivity index (χ0v) is 21.3. The van der Waals surface area contributed by atoms with Crippen LogP contribution in [-0.2, 0) is 16.6 Å². The molecule has 1 unspecified atom stereocenters. The molecule has 3 aromatic carbocycles. The molecule has 1 saturated heterocycles. The topological polar surface area (TPSA) is 70.0 Å². The van der Waals surface area contributed by atoms with Crippen molar-refractivity contribution in [2.45, 2.75) is 55.3 Å². The van der Waals surface area contributed by atoms with Crippen molar-refractivity contribution in [1.29, 1.82) is 0 Å². The molecule has 3 aromatic rings. The van der Waals surface area contributed by atoms with Crippen molar-refractivity contribution < 1.29 is 19.7 Å². The number of aromatic hydroxyl groups is 1. The van der Waals surface area contributed by atoms with Crippen molar-refractivity contribution >= 4 is 11.9 Å². The van der Waals surface area contributed by atoms with Crippen LogP contribution >= 0.6 is 0 Å². The molecular weight excluding hydrogens is 474 g/mol. The SMILES string of the molecule is O=C1/C(=C/c2ccc(-c3ccccc3)cc2)C[C@@]2(O)[C@H]3Cc4ccc(O)c5c4C2(CCN3CC2CC2)[C@H]1O5. The maximum atomic E-state index is 14.1. The summed E-state index contributed by atoms with van der Waals surface area (Å²) in [6, 6.07) is 22.0. The molecule has 5 heteroatoms. The van der Waals surface area contributed by atoms with Crippen molar-refractivity contribution in [3.05, 3.63) is 89.0 Å². The summed E-state index contributed by atoms with van der Waals surface area (Å²) in [6.45, 7) is 1.84. The number of aliphatic hydroxyl groups is 1. The van der Waals surface area contributed by atoms with E-state index < -0.39 is 17.1 Å². The number of likely N-dealkylation sites (tertiary alicyclic amines) is 1. The summed E-state index contributed by atoms with van der Waals surface area (Å²) in [4.78, 5) is 16.5. The fourth-order valence-electron chi connectivity index (χ4n) is 7.91. The summed E-state index contributed by atoms with van der Waals surface area (Å²) in [7, 11) is 0. The van der Waals surface area contributed by atoms with Crippen LogP contribution in [0.5, 0.6) is 11.5 Å². The molecule has 38 heavy (non-hydrogen) atoms. The number of ketones is 1. The fourth-order valence-corrected chi connectivity index (χ4v) is 7.91. The van der Waals surface area contributed by atoms with E-state index in [0.717, 1.165) is 40.9 Å². The molecule has 2 heterocycles. The number of Topliss-reactive ketones (excluding diaryl/α,β-unsaturated/α-hetero) is 1. The van der Waals surface area contributed by atoms with Crippen molar-refractivity contribution in [2.75, 3.05) is 13.1 Å². The van der Waals surface area contributed by atoms with Crippen LogP contribution in [0.1, 0.15) is 42.4 Å². The molecule has 2 saturated carbocycles. The van der Waals surface area contributed by atoms with Gasteiger partial charge >= 0.3 is 0 Å². The lowest BCUT2D eigenvalue weighted by Crippen LogP contribution is -2.77. The van der Waals surface area contributed by atoms with E-state index in [2.05, 4.69) is 29.2 Å². The summed E-state index contributed by atoms with van der Waals surface area (Å²) >= 11 is 0. The number of rotatable bonds is 4. The second kappa shape index (κ2) is 7.81. The van der Waals surface area contributed by atoms with Crippen LogP contribution in [0.4, 0.5) is 0 Å². The van der Waals surface area contributed by atoms with Crippen molar-refractivity contribution in [1.82, 2.24) is 4.90 Å². The van der Waals surface area contributed by atoms with Gasteiger partial charge in [0.1, 0.15) is 0 Å². The van der Waals surface area contributed by atoms with Crippen LogP contribution in [0.25, 0.3) is 17.2 Å². The molecule has 192 valence electrons. The predicted molar refractivity (Wildman–Crippen MR) is 145 cm³/mol. The number of carbonyl (C=O) groups excluding carboxylic acids is 1. The predicted octanol–water partition coefficient (Wildman–Crippen LogP) is 4.89. The van der Waals surface area contributed by atoms with E-state index in [-0.39, 0.29) is 17.6 Å². The zero-order valence-electron chi connectivity index (χ0n) is 21.3. The lowest BCUT2D eigenvalue weighted by molar-refractivity contribution is -0.179. The van der Waals surface area contributed by atoms with Crippen molar-refractivity contribution in [3.63, 3.8) is 0 Å². The first-order valence-corrected chi connectivity index (χ1v) is 13.9. The van der Waals surface area contributed by atoms with Gasteiger partial charge < -0.3 is 14.9 Å². The van der Waals surface area contributed by atoms with Crippen molar-refractivity contribution in [3.8, 4) is 22.6 Å². The summed E-state index contributed by atoms with van der Waals surface area (Å²) in [6.07, 6.45) is 5.30. The molecule has 4 atom stereocenters. The lowest BCUT2D eigenvalue weighted by atomic mass is 9.48. The highest BCUT2D eigenvalue weighted by Gasteiger charge is 2.74. The molecule has 2 bridgehead atoms. The summed E-state index contributed by atoms with van der Waals surface area (Å²) in [5, 5.41) is 23.5. The van der Waals surface area contributed by atoms with E-state index >= 15 is 0 Å². The van der Waals surface area contributed by atoms with Gasteiger partial charge in [0, 0.05) is 30.1 Å². The standard InChI is InChI=1S/C33H31NO4/c35-26-13-12-24-17-27-33(37)18-25(16-20-8-10-23(11-9-20)22-4-2-1-3-5-22)29(36)31-32(33,28(24)30(26)38-31)14-15-34(27)19-21-6-7-21/h1-5,8-13,16,21,27,31,35,37H,6-7,14-15,17-19H2/b25-16+/t27-,31+,32?,33-/m1/s1. The Hall–Kier alpha value is -3.41. The second-order valence-electron chi connectivity index (χ2n) is 11.9. The van der Waals surface area contributed by atoms with Gasteiger partial charge in [-0.1, -0.05) is 60.7 Å². The Kier molecular flexibility index (Phi) is 4.64. The third-order valence-corrected chi connectivity index (χ3v) is 9.89. The maximum Gasteiger partial charge on any atom is 0.200 e. The minimum absolute atomic E-state index is 0.0589. The zero-order chi connectivity index (χ0) is 25.6. The molecular formula is C33H31NO4. The number of ether oxygens (including phenoxy) is 1. The Balaban J connectivity index is 1.22. The van der Waals surface area contributed by atoms with E-state index in [1.807, 2.05) is 42.5 Å². The van der Waals surface area contributed by atoms with E-state index in [1.165, 1.54) is 12.8 Å². The minimum atomic E-state index is -1.14. The monoisotopic (exact) mass is 505 g/mol. The Morgan fingerprint density at radius 1 is 1.00 bits per heavy atom. The Morgan fingerprint density at radius 2 is 1.76 bits per heavy atom. The Labute approximate surface area is 222 Å². The largest absolute Gasteiger partial charge is 0.504 e. The van der Waals surface area contributed by atoms with Crippen LogP contribution in [0.15, 0.2) is 72.3 Å². The van der Waals surface area contributed by atoms with Gasteiger partial charge in [-0.15, -0.1) is 0 Å². The molecule has 3 fully saturated rings. The number of carbonyl (C=O) groups is 1. The van der Waals surface area contributed by atoms with Gasteiger partial charge in [0.05, 0.1) is 11.0 Å². The second-order valence-corrected chi connectivity index (χ2v) is 11.9.